The number of hydrogen-bond donors (Lipinski definition) is 1. The van der Waals surface area contributed by atoms with Crippen LogP contribution in [0.3, 0.4) is 0 Å². The lowest BCUT2D eigenvalue weighted by Crippen LogP contribution is -2.46. The molecule has 0 aromatic heterocycles. The van der Waals surface area contributed by atoms with Crippen molar-refractivity contribution in [3.05, 3.63) is 0 Å². The van der Waals surface area contributed by atoms with Crippen LogP contribution in [0.1, 0.15) is 46.5 Å². The van der Waals surface area contributed by atoms with Gasteiger partial charge in [-0.25, -0.2) is 0 Å². The molecular weight excluding hydrogens is 212 g/mol. The van der Waals surface area contributed by atoms with E-state index in [0.29, 0.717) is 11.6 Å². The molecule has 2 unspecified atom stereocenters. The smallest absolute Gasteiger partial charge is 0.0702 e. The third-order valence-corrected chi connectivity index (χ3v) is 4.05. The van der Waals surface area contributed by atoms with Crippen LogP contribution in [0.2, 0.25) is 0 Å². The molecular formula is C14H28N2O. The molecule has 2 fully saturated rings. The molecule has 0 aliphatic carbocycles. The summed E-state index contributed by atoms with van der Waals surface area (Å²) in [5.74, 6) is 0. The van der Waals surface area contributed by atoms with Crippen molar-refractivity contribution in [1.82, 2.24) is 10.2 Å². The second-order valence-electron chi connectivity index (χ2n) is 6.25. The quantitative estimate of drug-likeness (QED) is 0.813. The highest BCUT2D eigenvalue weighted by Crippen LogP contribution is 2.25. The average Bonchev–Trinajstić information content (AvgIpc) is 2.67. The maximum Gasteiger partial charge on any atom is 0.0702 e. The van der Waals surface area contributed by atoms with Crippen molar-refractivity contribution in [2.75, 3.05) is 26.2 Å². The highest BCUT2D eigenvalue weighted by atomic mass is 16.5. The van der Waals surface area contributed by atoms with Gasteiger partial charge in [0, 0.05) is 31.3 Å². The number of nitrogens with zero attached hydrogens (tertiary/aromatic N) is 1. The van der Waals surface area contributed by atoms with E-state index in [-0.39, 0.29) is 0 Å². The lowest BCUT2D eigenvalue weighted by Gasteiger charge is -2.36. The first-order chi connectivity index (χ1) is 8.11. The Kier molecular flexibility index (Phi) is 4.45. The summed E-state index contributed by atoms with van der Waals surface area (Å²) in [4.78, 5) is 2.64. The van der Waals surface area contributed by atoms with E-state index in [4.69, 9.17) is 4.74 Å². The van der Waals surface area contributed by atoms with Gasteiger partial charge in [-0.1, -0.05) is 6.92 Å². The van der Waals surface area contributed by atoms with Crippen molar-refractivity contribution in [1.29, 1.82) is 0 Å². The number of likely N-dealkylation sites (tertiary alicyclic amines) is 1. The van der Waals surface area contributed by atoms with Crippen molar-refractivity contribution in [3.63, 3.8) is 0 Å². The summed E-state index contributed by atoms with van der Waals surface area (Å²) in [6.45, 7) is 11.3. The summed E-state index contributed by atoms with van der Waals surface area (Å²) in [7, 11) is 0. The number of hydrogen-bond acceptors (Lipinski definition) is 3. The van der Waals surface area contributed by atoms with Crippen LogP contribution in [0.5, 0.6) is 0 Å². The van der Waals surface area contributed by atoms with Crippen LogP contribution in [-0.4, -0.2) is 48.8 Å². The van der Waals surface area contributed by atoms with Crippen LogP contribution < -0.4 is 5.32 Å². The van der Waals surface area contributed by atoms with Gasteiger partial charge in [0.05, 0.1) is 6.10 Å². The predicted molar refractivity (Wildman–Crippen MR) is 71.3 cm³/mol. The standard InChI is InChI=1S/C14H28N2O/c1-4-8-17-13-6-5-7-16(11-13)12-9-14(2,3)15-10-12/h12-13,15H,4-11H2,1-3H3. The van der Waals surface area contributed by atoms with Gasteiger partial charge in [0.2, 0.25) is 0 Å². The van der Waals surface area contributed by atoms with Gasteiger partial charge in [0.15, 0.2) is 0 Å². The fourth-order valence-electron chi connectivity index (χ4n) is 3.10. The van der Waals surface area contributed by atoms with Gasteiger partial charge in [-0.05, 0) is 46.1 Å². The van der Waals surface area contributed by atoms with Crippen LogP contribution in [0, 0.1) is 0 Å². The van der Waals surface area contributed by atoms with Gasteiger partial charge in [0.25, 0.3) is 0 Å². The highest BCUT2D eigenvalue weighted by Gasteiger charge is 2.35. The SMILES string of the molecule is CCCOC1CCCN(C2CNC(C)(C)C2)C1. The van der Waals surface area contributed by atoms with Crippen molar-refractivity contribution in [2.45, 2.75) is 64.1 Å². The molecule has 0 aromatic carbocycles. The molecule has 2 aliphatic heterocycles. The molecule has 2 heterocycles. The van der Waals surface area contributed by atoms with Gasteiger partial charge in [-0.15, -0.1) is 0 Å². The molecule has 100 valence electrons. The van der Waals surface area contributed by atoms with Gasteiger partial charge < -0.3 is 10.1 Å². The molecule has 3 nitrogen and oxygen atoms in total. The molecule has 0 bridgehead atoms. The third-order valence-electron chi connectivity index (χ3n) is 4.05. The summed E-state index contributed by atoms with van der Waals surface area (Å²) in [5.41, 5.74) is 0.321. The average molecular weight is 240 g/mol. The first kappa shape index (κ1) is 13.3. The summed E-state index contributed by atoms with van der Waals surface area (Å²) < 4.78 is 5.91. The zero-order chi connectivity index (χ0) is 12.3. The molecule has 2 saturated heterocycles. The maximum absolute atomic E-state index is 5.91. The van der Waals surface area contributed by atoms with Crippen molar-refractivity contribution >= 4 is 0 Å². The Labute approximate surface area is 106 Å². The molecule has 0 saturated carbocycles. The van der Waals surface area contributed by atoms with Crippen molar-refractivity contribution in [3.8, 4) is 0 Å². The van der Waals surface area contributed by atoms with Crippen molar-refractivity contribution in [2.24, 2.45) is 0 Å². The Hall–Kier alpha value is -0.120. The number of piperidine rings is 1. The van der Waals surface area contributed by atoms with Crippen LogP contribution in [0.4, 0.5) is 0 Å². The minimum Gasteiger partial charge on any atom is -0.377 e. The van der Waals surface area contributed by atoms with Gasteiger partial charge in [-0.2, -0.15) is 0 Å². The molecule has 0 radical (unpaired) electrons. The van der Waals surface area contributed by atoms with E-state index >= 15 is 0 Å². The third kappa shape index (κ3) is 3.67. The fourth-order valence-corrected chi connectivity index (χ4v) is 3.10. The monoisotopic (exact) mass is 240 g/mol. The number of nitrogens with one attached hydrogen (secondary N) is 1. The minimum atomic E-state index is 0.321. The molecule has 0 amide bonds. The lowest BCUT2D eigenvalue weighted by atomic mass is 9.98. The molecule has 17 heavy (non-hydrogen) atoms. The molecule has 1 N–H and O–H groups in total. The summed E-state index contributed by atoms with van der Waals surface area (Å²) in [5, 5.41) is 3.62. The van der Waals surface area contributed by atoms with Crippen molar-refractivity contribution < 1.29 is 4.74 Å². The summed E-state index contributed by atoms with van der Waals surface area (Å²) in [6.07, 6.45) is 5.43. The molecule has 2 atom stereocenters. The number of rotatable bonds is 4. The molecule has 0 aromatic rings. The maximum atomic E-state index is 5.91. The second-order valence-corrected chi connectivity index (χ2v) is 6.25. The molecule has 3 heteroatoms. The largest absolute Gasteiger partial charge is 0.377 e. The normalized spacial score (nSPS) is 34.1. The van der Waals surface area contributed by atoms with Crippen LogP contribution in [-0.2, 0) is 4.74 Å². The van der Waals surface area contributed by atoms with E-state index < -0.39 is 0 Å². The lowest BCUT2D eigenvalue weighted by molar-refractivity contribution is -0.0107. The fraction of sp³-hybridized carbons (Fsp3) is 1.00. The Balaban J connectivity index is 1.81. The van der Waals surface area contributed by atoms with Crippen LogP contribution in [0.15, 0.2) is 0 Å². The Morgan fingerprint density at radius 2 is 2.24 bits per heavy atom. The van der Waals surface area contributed by atoms with Crippen LogP contribution >= 0.6 is 0 Å². The van der Waals surface area contributed by atoms with Crippen LogP contribution in [0.25, 0.3) is 0 Å². The van der Waals surface area contributed by atoms with E-state index in [1.165, 1.54) is 25.8 Å². The van der Waals surface area contributed by atoms with E-state index in [2.05, 4.69) is 31.0 Å². The van der Waals surface area contributed by atoms with Gasteiger partial charge in [0.1, 0.15) is 0 Å². The topological polar surface area (TPSA) is 24.5 Å². The predicted octanol–water partition coefficient (Wildman–Crippen LogP) is 2.02. The van der Waals surface area contributed by atoms with Gasteiger partial charge in [-0.3, -0.25) is 4.90 Å². The zero-order valence-electron chi connectivity index (χ0n) is 11.7. The van der Waals surface area contributed by atoms with E-state index in [1.54, 1.807) is 0 Å². The van der Waals surface area contributed by atoms with E-state index in [1.807, 2.05) is 0 Å². The molecule has 2 aliphatic rings. The second kappa shape index (κ2) is 5.68. The zero-order valence-corrected chi connectivity index (χ0v) is 11.7. The minimum absolute atomic E-state index is 0.321. The first-order valence-electron chi connectivity index (χ1n) is 7.21. The Morgan fingerprint density at radius 3 is 2.88 bits per heavy atom. The molecule has 2 rings (SSSR count). The van der Waals surface area contributed by atoms with E-state index in [0.717, 1.165) is 32.2 Å². The Morgan fingerprint density at radius 1 is 1.41 bits per heavy atom. The number of ether oxygens (including phenoxy) is 1. The first-order valence-corrected chi connectivity index (χ1v) is 7.21. The Bertz CT molecular complexity index is 242. The summed E-state index contributed by atoms with van der Waals surface area (Å²) >= 11 is 0. The van der Waals surface area contributed by atoms with Gasteiger partial charge >= 0.3 is 0 Å². The van der Waals surface area contributed by atoms with E-state index in [9.17, 15) is 0 Å². The summed E-state index contributed by atoms with van der Waals surface area (Å²) in [6, 6.07) is 0.720. The highest BCUT2D eigenvalue weighted by molar-refractivity contribution is 4.95. The molecule has 0 spiro atoms.